The number of carbonyl (C=O) groups excluding carboxylic acids is 1. The van der Waals surface area contributed by atoms with Gasteiger partial charge in [-0.05, 0) is 60.0 Å². The Morgan fingerprint density at radius 3 is 2.92 bits per heavy atom. The maximum Gasteiger partial charge on any atom is 0.326 e. The third-order valence-corrected chi connectivity index (χ3v) is 7.02. The number of benzene rings is 2. The van der Waals surface area contributed by atoms with Gasteiger partial charge in [0, 0.05) is 55.9 Å². The first-order chi connectivity index (χ1) is 19.0. The lowest BCUT2D eigenvalue weighted by molar-refractivity contribution is 0.240. The number of amides is 1. The number of hydrogen-bond donors (Lipinski definition) is 1. The molecule has 0 aliphatic carbocycles. The predicted octanol–water partition coefficient (Wildman–Crippen LogP) is 5.93. The van der Waals surface area contributed by atoms with Gasteiger partial charge in [-0.3, -0.25) is 9.47 Å². The Balaban J connectivity index is 1.37. The fourth-order valence-electron chi connectivity index (χ4n) is 4.87. The molecule has 0 unspecified atom stereocenters. The first-order valence-corrected chi connectivity index (χ1v) is 13.1. The molecular formula is C30H27ClFN5O2. The number of halogens is 2. The summed E-state index contributed by atoms with van der Waals surface area (Å²) in [6.07, 6.45) is 6.20. The van der Waals surface area contributed by atoms with Gasteiger partial charge in [-0.1, -0.05) is 29.8 Å². The summed E-state index contributed by atoms with van der Waals surface area (Å²) in [6, 6.07) is 15.8. The van der Waals surface area contributed by atoms with Crippen LogP contribution in [0.15, 0.2) is 60.8 Å². The molecular weight excluding hydrogens is 517 g/mol. The molecule has 0 fully saturated rings. The monoisotopic (exact) mass is 543 g/mol. The number of nitrogens with zero attached hydrogens (tertiary/aromatic N) is 4. The van der Waals surface area contributed by atoms with Crippen LogP contribution in [0.5, 0.6) is 5.88 Å². The van der Waals surface area contributed by atoms with Crippen LogP contribution in [0.2, 0.25) is 5.02 Å². The number of nitriles is 1. The molecule has 2 aromatic carbocycles. The summed E-state index contributed by atoms with van der Waals surface area (Å²) < 4.78 is 21.0. The SMILES string of the molecule is CCOc1cc(CNC(=O)n2c3c(c4cc(C#N)ccc42)CN(CC=Cc2ccc(Cl)c(F)c2)CC3)ccn1. The number of rotatable bonds is 7. The van der Waals surface area contributed by atoms with E-state index in [2.05, 4.69) is 21.3 Å². The van der Waals surface area contributed by atoms with Gasteiger partial charge in [-0.2, -0.15) is 5.26 Å². The maximum absolute atomic E-state index is 13.8. The molecule has 3 heterocycles. The van der Waals surface area contributed by atoms with Crippen molar-refractivity contribution in [1.29, 1.82) is 5.26 Å². The first kappa shape index (κ1) is 26.4. The van der Waals surface area contributed by atoms with Gasteiger partial charge in [0.2, 0.25) is 5.88 Å². The number of nitrogens with one attached hydrogen (secondary N) is 1. The highest BCUT2D eigenvalue weighted by Crippen LogP contribution is 2.32. The van der Waals surface area contributed by atoms with E-state index in [9.17, 15) is 14.4 Å². The van der Waals surface area contributed by atoms with Crippen molar-refractivity contribution in [2.75, 3.05) is 19.7 Å². The molecule has 2 aromatic heterocycles. The zero-order valence-corrected chi connectivity index (χ0v) is 22.2. The van der Waals surface area contributed by atoms with E-state index < -0.39 is 5.82 Å². The van der Waals surface area contributed by atoms with Crippen LogP contribution in [0.3, 0.4) is 0 Å². The van der Waals surface area contributed by atoms with Crippen molar-refractivity contribution < 1.29 is 13.9 Å². The summed E-state index contributed by atoms with van der Waals surface area (Å²) in [4.78, 5) is 19.9. The molecule has 198 valence electrons. The number of ether oxygens (including phenoxy) is 1. The Morgan fingerprint density at radius 2 is 2.13 bits per heavy atom. The maximum atomic E-state index is 13.8. The number of pyridine rings is 1. The minimum atomic E-state index is -0.445. The van der Waals surface area contributed by atoms with Crippen molar-refractivity contribution in [3.05, 3.63) is 99.6 Å². The lowest BCUT2D eigenvalue weighted by Gasteiger charge is -2.27. The molecule has 0 bridgehead atoms. The molecule has 5 rings (SSSR count). The van der Waals surface area contributed by atoms with E-state index in [1.807, 2.05) is 43.3 Å². The van der Waals surface area contributed by atoms with Crippen molar-refractivity contribution in [3.63, 3.8) is 0 Å². The van der Waals surface area contributed by atoms with Crippen LogP contribution < -0.4 is 10.1 Å². The number of carbonyl (C=O) groups is 1. The van der Waals surface area contributed by atoms with E-state index in [1.54, 1.807) is 29.0 Å². The zero-order valence-electron chi connectivity index (χ0n) is 21.5. The highest BCUT2D eigenvalue weighted by Gasteiger charge is 2.26. The minimum absolute atomic E-state index is 0.101. The Kier molecular flexibility index (Phi) is 7.92. The summed E-state index contributed by atoms with van der Waals surface area (Å²) in [7, 11) is 0. The van der Waals surface area contributed by atoms with Crippen molar-refractivity contribution >= 4 is 34.6 Å². The van der Waals surface area contributed by atoms with Gasteiger partial charge in [0.25, 0.3) is 0 Å². The Hall–Kier alpha value is -4.19. The smallest absolute Gasteiger partial charge is 0.326 e. The van der Waals surface area contributed by atoms with Crippen LogP contribution in [-0.2, 0) is 19.5 Å². The van der Waals surface area contributed by atoms with Crippen LogP contribution in [0.1, 0.15) is 34.9 Å². The molecule has 7 nitrogen and oxygen atoms in total. The average Bonchev–Trinajstić information content (AvgIpc) is 3.27. The van der Waals surface area contributed by atoms with Gasteiger partial charge >= 0.3 is 6.03 Å². The lowest BCUT2D eigenvalue weighted by atomic mass is 10.0. The molecule has 1 amide bonds. The number of aromatic nitrogens is 2. The summed E-state index contributed by atoms with van der Waals surface area (Å²) >= 11 is 5.78. The van der Waals surface area contributed by atoms with E-state index in [1.165, 1.54) is 6.07 Å². The minimum Gasteiger partial charge on any atom is -0.478 e. The van der Waals surface area contributed by atoms with E-state index in [0.29, 0.717) is 44.1 Å². The number of fused-ring (bicyclic) bond motifs is 3. The van der Waals surface area contributed by atoms with E-state index in [4.69, 9.17) is 16.3 Å². The van der Waals surface area contributed by atoms with Gasteiger partial charge in [-0.25, -0.2) is 14.2 Å². The highest BCUT2D eigenvalue weighted by atomic mass is 35.5. The summed E-state index contributed by atoms with van der Waals surface area (Å²) in [5, 5.41) is 13.5. The van der Waals surface area contributed by atoms with E-state index >= 15 is 0 Å². The summed E-state index contributed by atoms with van der Waals surface area (Å²) in [5.74, 6) is 0.0758. The lowest BCUT2D eigenvalue weighted by Crippen LogP contribution is -2.34. The molecule has 0 spiro atoms. The largest absolute Gasteiger partial charge is 0.478 e. The van der Waals surface area contributed by atoms with Crippen LogP contribution in [0.25, 0.3) is 17.0 Å². The molecule has 9 heteroatoms. The first-order valence-electron chi connectivity index (χ1n) is 12.7. The molecule has 1 aliphatic heterocycles. The van der Waals surface area contributed by atoms with Crippen molar-refractivity contribution in [1.82, 2.24) is 19.8 Å². The second-order valence-electron chi connectivity index (χ2n) is 9.26. The van der Waals surface area contributed by atoms with Gasteiger partial charge in [-0.15, -0.1) is 0 Å². The quantitative estimate of drug-likeness (QED) is 0.312. The molecule has 4 aromatic rings. The van der Waals surface area contributed by atoms with E-state index in [0.717, 1.165) is 39.8 Å². The second-order valence-corrected chi connectivity index (χ2v) is 9.67. The Labute approximate surface area is 231 Å². The third-order valence-electron chi connectivity index (χ3n) is 6.71. The summed E-state index contributed by atoms with van der Waals surface area (Å²) in [6.45, 7) is 4.78. The predicted molar refractivity (Wildman–Crippen MR) is 149 cm³/mol. The van der Waals surface area contributed by atoms with Crippen molar-refractivity contribution in [3.8, 4) is 11.9 Å². The molecule has 0 saturated heterocycles. The van der Waals surface area contributed by atoms with Gasteiger partial charge in [0.05, 0.1) is 28.8 Å². The van der Waals surface area contributed by atoms with Crippen LogP contribution in [0.4, 0.5) is 9.18 Å². The zero-order chi connectivity index (χ0) is 27.4. The van der Waals surface area contributed by atoms with Gasteiger partial charge in [0.1, 0.15) is 5.82 Å². The molecule has 1 N–H and O–H groups in total. The Bertz CT molecular complexity index is 1610. The van der Waals surface area contributed by atoms with E-state index in [-0.39, 0.29) is 11.1 Å². The van der Waals surface area contributed by atoms with Crippen LogP contribution >= 0.6 is 11.6 Å². The van der Waals surface area contributed by atoms with Crippen LogP contribution in [0, 0.1) is 17.1 Å². The highest BCUT2D eigenvalue weighted by molar-refractivity contribution is 6.30. The Morgan fingerprint density at radius 1 is 1.26 bits per heavy atom. The van der Waals surface area contributed by atoms with Gasteiger partial charge < -0.3 is 10.1 Å². The van der Waals surface area contributed by atoms with Gasteiger partial charge in [0.15, 0.2) is 0 Å². The van der Waals surface area contributed by atoms with Crippen molar-refractivity contribution in [2.45, 2.75) is 26.4 Å². The fourth-order valence-corrected chi connectivity index (χ4v) is 4.99. The molecule has 39 heavy (non-hydrogen) atoms. The molecule has 0 atom stereocenters. The topological polar surface area (TPSA) is 83.2 Å². The normalized spacial score (nSPS) is 13.4. The van der Waals surface area contributed by atoms with Crippen molar-refractivity contribution in [2.24, 2.45) is 0 Å². The molecule has 0 saturated carbocycles. The fraction of sp³-hybridized carbons (Fsp3) is 0.233. The third kappa shape index (κ3) is 5.80. The van der Waals surface area contributed by atoms with Crippen LogP contribution in [-0.4, -0.2) is 40.2 Å². The molecule has 0 radical (unpaired) electrons. The second kappa shape index (κ2) is 11.7. The average molecular weight is 544 g/mol. The standard InChI is InChI=1S/C30H27ClFN5O2/c1-2-39-29-16-22(9-11-34-29)18-35-30(38)37-27-8-6-21(17-33)14-23(27)24-19-36(13-10-28(24)37)12-3-4-20-5-7-25(31)26(32)15-20/h3-9,11,14-16H,2,10,12-13,18-19H2,1H3,(H,35,38). The molecule has 1 aliphatic rings. The summed E-state index contributed by atoms with van der Waals surface area (Å²) in [5.41, 5.74) is 4.93. The number of hydrogen-bond acceptors (Lipinski definition) is 5.